The minimum absolute atomic E-state index is 0.187. The zero-order chi connectivity index (χ0) is 20.8. The highest BCUT2D eigenvalue weighted by atomic mass is 32.1. The molecule has 2 aromatic carbocycles. The Morgan fingerprint density at radius 3 is 2.70 bits per heavy atom. The smallest absolute Gasteiger partial charge is 0.343 e. The number of rotatable bonds is 7. The fourth-order valence-corrected chi connectivity index (χ4v) is 3.13. The van der Waals surface area contributed by atoms with Gasteiger partial charge in [-0.25, -0.2) is 9.78 Å². The second-order valence-electron chi connectivity index (χ2n) is 6.15. The number of nitrogens with one attached hydrogen (secondary N) is 1. The molecule has 2 heterocycles. The number of ether oxygens (including phenoxy) is 2. The fourth-order valence-electron chi connectivity index (χ4n) is 2.58. The van der Waals surface area contributed by atoms with Crippen molar-refractivity contribution in [3.63, 3.8) is 0 Å². The van der Waals surface area contributed by atoms with E-state index in [9.17, 15) is 9.59 Å². The molecule has 30 heavy (non-hydrogen) atoms. The fraction of sp³-hybridized carbons (Fsp3) is 0.0455. The lowest BCUT2D eigenvalue weighted by Crippen LogP contribution is -2.12. The van der Waals surface area contributed by atoms with Gasteiger partial charge in [0.1, 0.15) is 18.1 Å². The Kier molecular flexibility index (Phi) is 5.86. The van der Waals surface area contributed by atoms with Crippen LogP contribution in [-0.2, 0) is 6.61 Å². The van der Waals surface area contributed by atoms with E-state index in [1.165, 1.54) is 17.6 Å². The molecule has 4 rings (SSSR count). The van der Waals surface area contributed by atoms with E-state index in [4.69, 9.17) is 13.9 Å². The largest absolute Gasteiger partial charge is 0.487 e. The summed E-state index contributed by atoms with van der Waals surface area (Å²) in [6.07, 6.45) is 1.42. The highest BCUT2D eigenvalue weighted by Gasteiger charge is 2.12. The molecular weight excluding hydrogens is 404 g/mol. The average Bonchev–Trinajstić information content (AvgIpc) is 3.47. The van der Waals surface area contributed by atoms with Crippen LogP contribution in [-0.4, -0.2) is 16.9 Å². The third-order valence-corrected chi connectivity index (χ3v) is 4.62. The van der Waals surface area contributed by atoms with E-state index in [0.717, 1.165) is 5.69 Å². The van der Waals surface area contributed by atoms with E-state index in [1.54, 1.807) is 66.2 Å². The van der Waals surface area contributed by atoms with Gasteiger partial charge in [0.25, 0.3) is 5.91 Å². The molecule has 0 aliphatic heterocycles. The van der Waals surface area contributed by atoms with E-state index in [-0.39, 0.29) is 5.76 Å². The summed E-state index contributed by atoms with van der Waals surface area (Å²) < 4.78 is 16.2. The third-order valence-electron chi connectivity index (χ3n) is 3.99. The van der Waals surface area contributed by atoms with Crippen molar-refractivity contribution in [1.29, 1.82) is 0 Å². The van der Waals surface area contributed by atoms with Crippen LogP contribution in [0.25, 0.3) is 0 Å². The molecule has 2 aromatic heterocycles. The van der Waals surface area contributed by atoms with Crippen molar-refractivity contribution in [1.82, 2.24) is 4.98 Å². The molecule has 0 saturated heterocycles. The van der Waals surface area contributed by atoms with E-state index in [2.05, 4.69) is 10.3 Å². The van der Waals surface area contributed by atoms with E-state index < -0.39 is 11.9 Å². The Hall–Kier alpha value is -3.91. The van der Waals surface area contributed by atoms with Gasteiger partial charge in [0.15, 0.2) is 5.76 Å². The quantitative estimate of drug-likeness (QED) is 0.342. The van der Waals surface area contributed by atoms with Crippen LogP contribution in [0.4, 0.5) is 5.69 Å². The van der Waals surface area contributed by atoms with Crippen molar-refractivity contribution in [3.05, 3.63) is 94.8 Å². The Morgan fingerprint density at radius 2 is 1.90 bits per heavy atom. The molecule has 0 aliphatic rings. The van der Waals surface area contributed by atoms with E-state index >= 15 is 0 Å². The van der Waals surface area contributed by atoms with Crippen molar-refractivity contribution in [3.8, 4) is 11.5 Å². The van der Waals surface area contributed by atoms with Gasteiger partial charge in [-0.15, -0.1) is 11.3 Å². The van der Waals surface area contributed by atoms with Gasteiger partial charge in [0.05, 0.1) is 23.0 Å². The third kappa shape index (κ3) is 4.92. The van der Waals surface area contributed by atoms with Crippen LogP contribution < -0.4 is 14.8 Å². The second kappa shape index (κ2) is 9.06. The lowest BCUT2D eigenvalue weighted by atomic mass is 10.2. The van der Waals surface area contributed by atoms with Crippen molar-refractivity contribution < 1.29 is 23.5 Å². The summed E-state index contributed by atoms with van der Waals surface area (Å²) in [6, 6.07) is 16.5. The maximum Gasteiger partial charge on any atom is 0.343 e. The number of amides is 1. The molecule has 8 heteroatoms. The molecule has 1 N–H and O–H groups in total. The molecule has 0 spiro atoms. The van der Waals surface area contributed by atoms with Crippen LogP contribution in [0.15, 0.2) is 82.2 Å². The standard InChI is InChI=1S/C22H16N2O5S/c25-21(20-8-3-9-27-20)24-16-5-2-7-19(11-16)29-22(26)15-4-1-6-18(10-15)28-12-17-13-30-14-23-17/h1-11,13-14H,12H2,(H,24,25). The van der Waals surface area contributed by atoms with Gasteiger partial charge in [0, 0.05) is 17.1 Å². The number of carbonyl (C=O) groups is 2. The Morgan fingerprint density at radius 1 is 1.03 bits per heavy atom. The van der Waals surface area contributed by atoms with Gasteiger partial charge in [-0.05, 0) is 42.5 Å². The Balaban J connectivity index is 1.40. The van der Waals surface area contributed by atoms with Gasteiger partial charge in [-0.3, -0.25) is 4.79 Å². The van der Waals surface area contributed by atoms with Crippen LogP contribution in [0, 0.1) is 0 Å². The van der Waals surface area contributed by atoms with Gasteiger partial charge in [0.2, 0.25) is 0 Å². The molecule has 0 unspecified atom stereocenters. The molecule has 4 aromatic rings. The molecule has 0 bridgehead atoms. The normalized spacial score (nSPS) is 10.4. The highest BCUT2D eigenvalue weighted by molar-refractivity contribution is 7.07. The number of anilines is 1. The number of esters is 1. The van der Waals surface area contributed by atoms with Crippen LogP contribution in [0.2, 0.25) is 0 Å². The van der Waals surface area contributed by atoms with Crippen molar-refractivity contribution >= 4 is 28.9 Å². The summed E-state index contributed by atoms with van der Waals surface area (Å²) >= 11 is 1.49. The zero-order valence-electron chi connectivity index (χ0n) is 15.6. The van der Waals surface area contributed by atoms with Crippen LogP contribution in [0.5, 0.6) is 11.5 Å². The number of thiazole rings is 1. The van der Waals surface area contributed by atoms with Crippen LogP contribution in [0.3, 0.4) is 0 Å². The lowest BCUT2D eigenvalue weighted by Gasteiger charge is -2.09. The number of hydrogen-bond acceptors (Lipinski definition) is 7. The Labute approximate surface area is 175 Å². The monoisotopic (exact) mass is 420 g/mol. The molecule has 0 saturated carbocycles. The Bertz CT molecular complexity index is 1140. The average molecular weight is 420 g/mol. The highest BCUT2D eigenvalue weighted by Crippen LogP contribution is 2.21. The van der Waals surface area contributed by atoms with Crippen molar-refractivity contribution in [2.45, 2.75) is 6.61 Å². The molecule has 0 radical (unpaired) electrons. The summed E-state index contributed by atoms with van der Waals surface area (Å²) in [5.74, 6) is 0.0897. The SMILES string of the molecule is O=C(Oc1cccc(NC(=O)c2ccco2)c1)c1cccc(OCc2cscn2)c1. The summed E-state index contributed by atoms with van der Waals surface area (Å²) in [5.41, 5.74) is 3.37. The molecule has 7 nitrogen and oxygen atoms in total. The zero-order valence-corrected chi connectivity index (χ0v) is 16.4. The number of nitrogens with zero attached hydrogens (tertiary/aromatic N) is 1. The molecule has 150 valence electrons. The number of hydrogen-bond donors (Lipinski definition) is 1. The topological polar surface area (TPSA) is 90.7 Å². The minimum atomic E-state index is -0.538. The van der Waals surface area contributed by atoms with Gasteiger partial charge in [-0.1, -0.05) is 12.1 Å². The lowest BCUT2D eigenvalue weighted by molar-refractivity contribution is 0.0734. The first kappa shape index (κ1) is 19.4. The summed E-state index contributed by atoms with van der Waals surface area (Å²) in [5, 5.41) is 4.59. The molecule has 0 aliphatic carbocycles. The summed E-state index contributed by atoms with van der Waals surface area (Å²) in [4.78, 5) is 28.8. The number of carbonyl (C=O) groups excluding carboxylic acids is 2. The van der Waals surface area contributed by atoms with Crippen LogP contribution >= 0.6 is 11.3 Å². The predicted molar refractivity (Wildman–Crippen MR) is 111 cm³/mol. The predicted octanol–water partition coefficient (Wildman–Crippen LogP) is 4.79. The summed E-state index contributed by atoms with van der Waals surface area (Å²) in [6.45, 7) is 0.319. The van der Waals surface area contributed by atoms with E-state index in [1.807, 2.05) is 5.38 Å². The van der Waals surface area contributed by atoms with E-state index in [0.29, 0.717) is 29.4 Å². The van der Waals surface area contributed by atoms with Gasteiger partial charge in [-0.2, -0.15) is 0 Å². The van der Waals surface area contributed by atoms with Gasteiger partial charge < -0.3 is 19.2 Å². The molecule has 0 fully saturated rings. The first-order chi connectivity index (χ1) is 14.7. The minimum Gasteiger partial charge on any atom is -0.487 e. The maximum atomic E-state index is 12.5. The second-order valence-corrected chi connectivity index (χ2v) is 6.86. The van der Waals surface area contributed by atoms with Crippen LogP contribution in [0.1, 0.15) is 26.6 Å². The van der Waals surface area contributed by atoms with Crippen molar-refractivity contribution in [2.75, 3.05) is 5.32 Å². The number of benzene rings is 2. The molecule has 0 atom stereocenters. The number of aromatic nitrogens is 1. The first-order valence-corrected chi connectivity index (χ1v) is 9.89. The van der Waals surface area contributed by atoms with Crippen molar-refractivity contribution in [2.24, 2.45) is 0 Å². The number of furan rings is 1. The molecular formula is C22H16N2O5S. The maximum absolute atomic E-state index is 12.5. The molecule has 1 amide bonds. The first-order valence-electron chi connectivity index (χ1n) is 8.94. The van der Waals surface area contributed by atoms with Gasteiger partial charge >= 0.3 is 5.97 Å². The summed E-state index contributed by atoms with van der Waals surface area (Å²) in [7, 11) is 0.